The minimum Gasteiger partial charge on any atom is -0.340 e. The molecule has 1 aliphatic carbocycles. The number of piperidine rings is 1. The van der Waals surface area contributed by atoms with Gasteiger partial charge in [-0.25, -0.2) is 8.42 Å². The van der Waals surface area contributed by atoms with E-state index in [4.69, 9.17) is 0 Å². The van der Waals surface area contributed by atoms with Gasteiger partial charge in [-0.15, -0.1) is 0 Å². The van der Waals surface area contributed by atoms with Crippen molar-refractivity contribution in [3.05, 3.63) is 29.8 Å². The molecule has 0 spiro atoms. The minimum atomic E-state index is -4.31. The van der Waals surface area contributed by atoms with Crippen LogP contribution in [0.4, 0.5) is 13.2 Å². The van der Waals surface area contributed by atoms with Crippen LogP contribution in [0.1, 0.15) is 23.7 Å². The topological polar surface area (TPSA) is 78.0 Å². The van der Waals surface area contributed by atoms with Crippen molar-refractivity contribution in [1.29, 1.82) is 0 Å². The summed E-state index contributed by atoms with van der Waals surface area (Å²) in [6.07, 6.45) is -3.97. The van der Waals surface area contributed by atoms with Gasteiger partial charge in [0.2, 0.25) is 15.9 Å². The summed E-state index contributed by atoms with van der Waals surface area (Å²) >= 11 is 0. The zero-order valence-electron chi connectivity index (χ0n) is 16.3. The molecule has 7 nitrogen and oxygen atoms in total. The van der Waals surface area contributed by atoms with Gasteiger partial charge in [0.1, 0.15) is 0 Å². The monoisotopic (exact) mass is 445 g/mol. The molecule has 2 saturated heterocycles. The number of halogens is 3. The number of fused-ring (bicyclic) bond motifs is 1. The third-order valence-corrected chi connectivity index (χ3v) is 8.16. The van der Waals surface area contributed by atoms with Gasteiger partial charge < -0.3 is 9.80 Å². The van der Waals surface area contributed by atoms with Crippen molar-refractivity contribution in [1.82, 2.24) is 14.1 Å². The lowest BCUT2D eigenvalue weighted by Crippen LogP contribution is -2.49. The van der Waals surface area contributed by atoms with Crippen LogP contribution in [0, 0.1) is 11.8 Å². The number of benzene rings is 1. The fourth-order valence-electron chi connectivity index (χ4n) is 4.57. The van der Waals surface area contributed by atoms with Crippen LogP contribution in [0.15, 0.2) is 29.2 Å². The Hall–Kier alpha value is -2.14. The van der Waals surface area contributed by atoms with E-state index in [-0.39, 0.29) is 36.0 Å². The molecule has 4 rings (SSSR count). The minimum absolute atomic E-state index is 0.00853. The SMILES string of the molecule is CC(=O)N1CCN(S(=O)(=O)c2ccc(C(=O)N3CC[C@@H]4[C@H]3[C@@H]4C(F)(F)F)cc2)CC1. The molecule has 30 heavy (non-hydrogen) atoms. The van der Waals surface area contributed by atoms with Gasteiger partial charge in [0.25, 0.3) is 5.91 Å². The number of alkyl halides is 3. The molecule has 11 heteroatoms. The number of carbonyl (C=O) groups is 2. The fraction of sp³-hybridized carbons (Fsp3) is 0.579. The van der Waals surface area contributed by atoms with Gasteiger partial charge >= 0.3 is 6.18 Å². The van der Waals surface area contributed by atoms with Crippen LogP contribution in [-0.4, -0.2) is 79.3 Å². The molecule has 0 bridgehead atoms. The summed E-state index contributed by atoms with van der Waals surface area (Å²) in [5.41, 5.74) is 0.170. The predicted molar refractivity (Wildman–Crippen MR) is 99.9 cm³/mol. The largest absolute Gasteiger partial charge is 0.394 e. The van der Waals surface area contributed by atoms with E-state index in [2.05, 4.69) is 0 Å². The molecule has 0 radical (unpaired) electrons. The summed E-state index contributed by atoms with van der Waals surface area (Å²) in [5.74, 6) is -2.60. The lowest BCUT2D eigenvalue weighted by Gasteiger charge is -2.33. The molecule has 3 aliphatic rings. The molecule has 1 aromatic rings. The van der Waals surface area contributed by atoms with Crippen LogP contribution >= 0.6 is 0 Å². The Labute approximate surface area is 172 Å². The van der Waals surface area contributed by atoms with E-state index < -0.39 is 40.0 Å². The fourth-order valence-corrected chi connectivity index (χ4v) is 5.99. The van der Waals surface area contributed by atoms with Gasteiger partial charge in [0.15, 0.2) is 0 Å². The molecule has 3 atom stereocenters. The molecule has 0 unspecified atom stereocenters. The molecule has 2 heterocycles. The van der Waals surface area contributed by atoms with E-state index in [9.17, 15) is 31.2 Å². The maximum atomic E-state index is 13.0. The van der Waals surface area contributed by atoms with Gasteiger partial charge in [0.05, 0.1) is 10.8 Å². The number of carbonyl (C=O) groups excluding carboxylic acids is 2. The summed E-state index contributed by atoms with van der Waals surface area (Å²) in [6, 6.07) is 4.50. The number of rotatable bonds is 3. The molecule has 1 aromatic carbocycles. The molecular formula is C19H22F3N3O4S. The van der Waals surface area contributed by atoms with Gasteiger partial charge in [-0.1, -0.05) is 0 Å². The smallest absolute Gasteiger partial charge is 0.340 e. The second-order valence-corrected chi connectivity index (χ2v) is 9.88. The lowest BCUT2D eigenvalue weighted by atomic mass is 10.2. The van der Waals surface area contributed by atoms with Crippen molar-refractivity contribution in [3.8, 4) is 0 Å². The van der Waals surface area contributed by atoms with E-state index >= 15 is 0 Å². The molecule has 1 saturated carbocycles. The van der Waals surface area contributed by atoms with Crippen molar-refractivity contribution < 1.29 is 31.2 Å². The molecular weight excluding hydrogens is 423 g/mol. The van der Waals surface area contributed by atoms with E-state index in [0.29, 0.717) is 19.5 Å². The number of hydrogen-bond acceptors (Lipinski definition) is 4. The number of likely N-dealkylation sites (tertiary alicyclic amines) is 1. The van der Waals surface area contributed by atoms with Gasteiger partial charge in [-0.2, -0.15) is 17.5 Å². The summed E-state index contributed by atoms with van der Waals surface area (Å²) in [6.45, 7) is 2.69. The third kappa shape index (κ3) is 3.58. The molecule has 0 aromatic heterocycles. The number of amides is 2. The first-order valence-corrected chi connectivity index (χ1v) is 11.2. The average molecular weight is 445 g/mol. The highest BCUT2D eigenvalue weighted by atomic mass is 32.2. The highest BCUT2D eigenvalue weighted by molar-refractivity contribution is 7.89. The maximum Gasteiger partial charge on any atom is 0.394 e. The standard InChI is InChI=1S/C19H22F3N3O4S/c1-12(26)23-8-10-24(11-9-23)30(28,29)14-4-2-13(3-5-14)18(27)25-7-6-15-16(17(15)25)19(20,21)22/h2-5,15-17H,6-11H2,1H3/t15-,16+,17-/m0/s1. The van der Waals surface area contributed by atoms with Crippen molar-refractivity contribution in [2.75, 3.05) is 32.7 Å². The van der Waals surface area contributed by atoms with Gasteiger partial charge in [0, 0.05) is 51.3 Å². The van der Waals surface area contributed by atoms with Crippen molar-refractivity contribution in [3.63, 3.8) is 0 Å². The number of piperazine rings is 1. The number of hydrogen-bond donors (Lipinski definition) is 0. The molecule has 2 aliphatic heterocycles. The van der Waals surface area contributed by atoms with Crippen molar-refractivity contribution in [2.24, 2.45) is 11.8 Å². The van der Waals surface area contributed by atoms with Crippen LogP contribution < -0.4 is 0 Å². The highest BCUT2D eigenvalue weighted by Crippen LogP contribution is 2.58. The Morgan fingerprint density at radius 1 is 1.00 bits per heavy atom. The van der Waals surface area contributed by atoms with Crippen molar-refractivity contribution in [2.45, 2.75) is 30.5 Å². The van der Waals surface area contributed by atoms with E-state index in [1.54, 1.807) is 4.90 Å². The molecule has 2 amide bonds. The Balaban J connectivity index is 1.44. The van der Waals surface area contributed by atoms with E-state index in [1.165, 1.54) is 40.4 Å². The average Bonchev–Trinajstić information content (AvgIpc) is 3.29. The van der Waals surface area contributed by atoms with Crippen molar-refractivity contribution >= 4 is 21.8 Å². The molecule has 3 fully saturated rings. The first kappa shape index (κ1) is 21.1. The van der Waals surface area contributed by atoms with E-state index in [0.717, 1.165) is 0 Å². The zero-order valence-corrected chi connectivity index (χ0v) is 17.1. The molecule has 164 valence electrons. The predicted octanol–water partition coefficient (Wildman–Crippen LogP) is 1.56. The Kier molecular flexibility index (Phi) is 5.08. The first-order valence-electron chi connectivity index (χ1n) is 9.75. The lowest BCUT2D eigenvalue weighted by molar-refractivity contribution is -0.156. The van der Waals surface area contributed by atoms with Crippen LogP contribution in [0.3, 0.4) is 0 Å². The quantitative estimate of drug-likeness (QED) is 0.708. The second kappa shape index (κ2) is 7.23. The first-order chi connectivity index (χ1) is 14.0. The van der Waals surface area contributed by atoms with E-state index in [1.807, 2.05) is 0 Å². The normalized spacial score (nSPS) is 27.1. The second-order valence-electron chi connectivity index (χ2n) is 7.94. The summed E-state index contributed by atoms with van der Waals surface area (Å²) in [4.78, 5) is 26.9. The third-order valence-electron chi connectivity index (χ3n) is 6.25. The van der Waals surface area contributed by atoms with Crippen LogP contribution in [0.5, 0.6) is 0 Å². The maximum absolute atomic E-state index is 13.0. The van der Waals surface area contributed by atoms with Crippen LogP contribution in [0.25, 0.3) is 0 Å². The highest BCUT2D eigenvalue weighted by Gasteiger charge is 2.69. The van der Waals surface area contributed by atoms with Gasteiger partial charge in [-0.3, -0.25) is 9.59 Å². The van der Waals surface area contributed by atoms with Crippen LogP contribution in [-0.2, 0) is 14.8 Å². The molecule has 0 N–H and O–H groups in total. The summed E-state index contributed by atoms with van der Waals surface area (Å²) in [5, 5.41) is 0. The number of nitrogens with zero attached hydrogens (tertiary/aromatic N) is 3. The zero-order chi connectivity index (χ0) is 21.8. The summed E-state index contributed by atoms with van der Waals surface area (Å²) in [7, 11) is -3.78. The summed E-state index contributed by atoms with van der Waals surface area (Å²) < 4.78 is 65.9. The Bertz CT molecular complexity index is 956. The Morgan fingerprint density at radius 2 is 1.60 bits per heavy atom. The van der Waals surface area contributed by atoms with Gasteiger partial charge in [-0.05, 0) is 36.6 Å². The number of sulfonamides is 1. The van der Waals surface area contributed by atoms with Crippen LogP contribution in [0.2, 0.25) is 0 Å². The Morgan fingerprint density at radius 3 is 2.10 bits per heavy atom.